The molecule has 0 aliphatic carbocycles. The van der Waals surface area contributed by atoms with E-state index in [1.54, 1.807) is 24.3 Å². The second-order valence-corrected chi connectivity index (χ2v) is 7.48. The maximum absolute atomic E-state index is 12.5. The highest BCUT2D eigenvalue weighted by atomic mass is 35.5. The number of carbonyl (C=O) groups is 1. The van der Waals surface area contributed by atoms with Crippen LogP contribution in [0.25, 0.3) is 33.9 Å². The van der Waals surface area contributed by atoms with Gasteiger partial charge in [-0.05, 0) is 54.1 Å². The lowest BCUT2D eigenvalue weighted by Gasteiger charge is -2.04. The summed E-state index contributed by atoms with van der Waals surface area (Å²) in [5.74, 6) is 1.13. The fourth-order valence-electron chi connectivity index (χ4n) is 3.29. The monoisotopic (exact) mass is 428 g/mol. The molecular weight excluding hydrogens is 412 g/mol. The van der Waals surface area contributed by atoms with Crippen molar-refractivity contribution < 1.29 is 13.6 Å². The second kappa shape index (κ2) is 8.13. The number of benzene rings is 3. The molecule has 1 amide bonds. The molecule has 0 spiro atoms. The normalized spacial score (nSPS) is 11.0. The topological polar surface area (TPSA) is 68.3 Å². The van der Waals surface area contributed by atoms with Crippen LogP contribution in [0.15, 0.2) is 93.8 Å². The fourth-order valence-corrected chi connectivity index (χ4v) is 3.48. The van der Waals surface area contributed by atoms with E-state index in [-0.39, 0.29) is 11.7 Å². The molecule has 0 aliphatic heterocycles. The van der Waals surface area contributed by atoms with Gasteiger partial charge in [-0.2, -0.15) is 0 Å². The number of nitrogens with zero attached hydrogens (tertiary/aromatic N) is 1. The molecule has 3 aromatic carbocycles. The van der Waals surface area contributed by atoms with Crippen LogP contribution in [0.2, 0.25) is 5.02 Å². The molecule has 31 heavy (non-hydrogen) atoms. The van der Waals surface area contributed by atoms with Gasteiger partial charge < -0.3 is 14.2 Å². The number of amides is 1. The van der Waals surface area contributed by atoms with E-state index >= 15 is 0 Å². The Morgan fingerprint density at radius 3 is 2.52 bits per heavy atom. The van der Waals surface area contributed by atoms with E-state index in [0.717, 1.165) is 27.8 Å². The van der Waals surface area contributed by atoms with Crippen LogP contribution in [0, 0.1) is 0 Å². The maximum Gasteiger partial charge on any atom is 0.287 e. The Bertz CT molecular complexity index is 1340. The Labute approximate surface area is 183 Å². The highest BCUT2D eigenvalue weighted by molar-refractivity contribution is 6.30. The van der Waals surface area contributed by atoms with Crippen molar-refractivity contribution in [3.8, 4) is 22.8 Å². The van der Waals surface area contributed by atoms with E-state index in [4.69, 9.17) is 20.4 Å². The first-order valence-electron chi connectivity index (χ1n) is 9.74. The third-order valence-electron chi connectivity index (χ3n) is 4.89. The third-order valence-corrected chi connectivity index (χ3v) is 5.12. The molecule has 0 aliphatic rings. The molecule has 1 N–H and O–H groups in total. The minimum Gasteiger partial charge on any atom is -0.451 e. The molecule has 5 aromatic rings. The number of hydrogen-bond donors (Lipinski definition) is 1. The smallest absolute Gasteiger partial charge is 0.287 e. The number of aromatic nitrogens is 1. The van der Waals surface area contributed by atoms with E-state index in [9.17, 15) is 4.79 Å². The fraction of sp³-hybridized carbons (Fsp3) is 0.0400. The Kier molecular flexibility index (Phi) is 5.02. The number of fused-ring (bicyclic) bond motifs is 1. The minimum atomic E-state index is -0.281. The molecule has 0 fully saturated rings. The number of rotatable bonds is 5. The summed E-state index contributed by atoms with van der Waals surface area (Å²) in [5, 5.41) is 3.49. The zero-order chi connectivity index (χ0) is 21.2. The molecule has 2 heterocycles. The molecule has 5 nitrogen and oxygen atoms in total. The zero-order valence-corrected chi connectivity index (χ0v) is 17.1. The molecule has 5 rings (SSSR count). The average Bonchev–Trinajstić information content (AvgIpc) is 3.45. The van der Waals surface area contributed by atoms with E-state index < -0.39 is 0 Å². The predicted molar refractivity (Wildman–Crippen MR) is 120 cm³/mol. The summed E-state index contributed by atoms with van der Waals surface area (Å²) in [6.07, 6.45) is 0. The van der Waals surface area contributed by atoms with Gasteiger partial charge in [0.25, 0.3) is 5.91 Å². The molecule has 2 aromatic heterocycles. The SMILES string of the molecule is O=C(NCc1ccc(-c2nc3ccccc3o2)cc1)c1ccc(-c2cccc(Cl)c2)o1. The van der Waals surface area contributed by atoms with Gasteiger partial charge in [-0.25, -0.2) is 4.98 Å². The molecule has 0 radical (unpaired) electrons. The van der Waals surface area contributed by atoms with E-state index in [1.807, 2.05) is 60.7 Å². The van der Waals surface area contributed by atoms with Gasteiger partial charge >= 0.3 is 0 Å². The summed E-state index contributed by atoms with van der Waals surface area (Å²) in [6, 6.07) is 26.1. The molecular formula is C25H17ClN2O3. The maximum atomic E-state index is 12.5. The van der Waals surface area contributed by atoms with Gasteiger partial charge in [-0.15, -0.1) is 0 Å². The molecule has 6 heteroatoms. The van der Waals surface area contributed by atoms with Gasteiger partial charge in [0, 0.05) is 22.7 Å². The quantitative estimate of drug-likeness (QED) is 0.354. The Balaban J connectivity index is 1.24. The van der Waals surface area contributed by atoms with Crippen molar-refractivity contribution in [2.75, 3.05) is 0 Å². The molecule has 0 atom stereocenters. The first kappa shape index (κ1) is 19.2. The molecule has 152 valence electrons. The van der Waals surface area contributed by atoms with Crippen molar-refractivity contribution >= 4 is 28.6 Å². The summed E-state index contributed by atoms with van der Waals surface area (Å²) >= 11 is 6.02. The van der Waals surface area contributed by atoms with Crippen molar-refractivity contribution in [2.24, 2.45) is 0 Å². The first-order chi connectivity index (χ1) is 15.2. The van der Waals surface area contributed by atoms with Crippen LogP contribution in [0.1, 0.15) is 16.1 Å². The Morgan fingerprint density at radius 2 is 1.71 bits per heavy atom. The summed E-state index contributed by atoms with van der Waals surface area (Å²) in [4.78, 5) is 17.0. The van der Waals surface area contributed by atoms with Crippen LogP contribution < -0.4 is 5.32 Å². The van der Waals surface area contributed by atoms with Gasteiger partial charge in [0.15, 0.2) is 11.3 Å². The highest BCUT2D eigenvalue weighted by Gasteiger charge is 2.13. The molecule has 0 unspecified atom stereocenters. The summed E-state index contributed by atoms with van der Waals surface area (Å²) in [7, 11) is 0. The molecule has 0 saturated carbocycles. The van der Waals surface area contributed by atoms with Crippen molar-refractivity contribution in [2.45, 2.75) is 6.54 Å². The lowest BCUT2D eigenvalue weighted by atomic mass is 10.1. The van der Waals surface area contributed by atoms with Crippen molar-refractivity contribution in [1.29, 1.82) is 0 Å². The molecule has 0 bridgehead atoms. The van der Waals surface area contributed by atoms with Crippen LogP contribution in [0.3, 0.4) is 0 Å². The van der Waals surface area contributed by atoms with Crippen LogP contribution in [0.5, 0.6) is 0 Å². The van der Waals surface area contributed by atoms with E-state index in [1.165, 1.54) is 0 Å². The second-order valence-electron chi connectivity index (χ2n) is 7.04. The van der Waals surface area contributed by atoms with E-state index in [2.05, 4.69) is 10.3 Å². The van der Waals surface area contributed by atoms with Crippen LogP contribution in [-0.4, -0.2) is 10.9 Å². The van der Waals surface area contributed by atoms with Crippen LogP contribution in [0.4, 0.5) is 0 Å². The number of para-hydroxylation sites is 2. The van der Waals surface area contributed by atoms with Crippen LogP contribution >= 0.6 is 11.6 Å². The zero-order valence-electron chi connectivity index (χ0n) is 16.3. The lowest BCUT2D eigenvalue weighted by Crippen LogP contribution is -2.22. The number of hydrogen-bond acceptors (Lipinski definition) is 4. The number of furan rings is 1. The summed E-state index contributed by atoms with van der Waals surface area (Å²) < 4.78 is 11.5. The van der Waals surface area contributed by atoms with Crippen LogP contribution in [-0.2, 0) is 6.54 Å². The summed E-state index contributed by atoms with van der Waals surface area (Å²) in [6.45, 7) is 0.375. The Morgan fingerprint density at radius 1 is 0.871 bits per heavy atom. The van der Waals surface area contributed by atoms with Gasteiger partial charge in [0.2, 0.25) is 5.89 Å². The Hall–Kier alpha value is -3.83. The molecule has 0 saturated heterocycles. The third kappa shape index (κ3) is 4.09. The number of nitrogens with one attached hydrogen (secondary N) is 1. The standard InChI is InChI=1S/C25H17ClN2O3/c26-19-5-3-4-18(14-19)21-12-13-23(30-21)24(29)27-15-16-8-10-17(11-9-16)25-28-20-6-1-2-7-22(20)31-25/h1-14H,15H2,(H,27,29). The number of halogens is 1. The van der Waals surface area contributed by atoms with Crippen molar-refractivity contribution in [3.63, 3.8) is 0 Å². The largest absolute Gasteiger partial charge is 0.451 e. The highest BCUT2D eigenvalue weighted by Crippen LogP contribution is 2.26. The van der Waals surface area contributed by atoms with E-state index in [0.29, 0.717) is 23.2 Å². The van der Waals surface area contributed by atoms with Crippen molar-refractivity contribution in [3.05, 3.63) is 101 Å². The average molecular weight is 429 g/mol. The van der Waals surface area contributed by atoms with Crippen molar-refractivity contribution in [1.82, 2.24) is 10.3 Å². The van der Waals surface area contributed by atoms with Gasteiger partial charge in [-0.3, -0.25) is 4.79 Å². The summed E-state index contributed by atoms with van der Waals surface area (Å²) in [5.41, 5.74) is 4.23. The number of carbonyl (C=O) groups excluding carboxylic acids is 1. The lowest BCUT2D eigenvalue weighted by molar-refractivity contribution is 0.0924. The minimum absolute atomic E-state index is 0.248. The van der Waals surface area contributed by atoms with Gasteiger partial charge in [-0.1, -0.05) is 48.0 Å². The first-order valence-corrected chi connectivity index (χ1v) is 10.1. The number of oxazole rings is 1. The van der Waals surface area contributed by atoms with Gasteiger partial charge in [0.1, 0.15) is 11.3 Å². The van der Waals surface area contributed by atoms with Gasteiger partial charge in [0.05, 0.1) is 0 Å². The predicted octanol–water partition coefficient (Wildman–Crippen LogP) is 6.34.